The summed E-state index contributed by atoms with van der Waals surface area (Å²) in [6.45, 7) is 3.16. The predicted octanol–water partition coefficient (Wildman–Crippen LogP) is 3.63. The fourth-order valence-electron chi connectivity index (χ4n) is 3.19. The van der Waals surface area contributed by atoms with Gasteiger partial charge in [-0.05, 0) is 31.0 Å². The van der Waals surface area contributed by atoms with Crippen LogP contribution in [-0.2, 0) is 11.2 Å². The van der Waals surface area contributed by atoms with Crippen molar-refractivity contribution in [2.45, 2.75) is 32.1 Å². The van der Waals surface area contributed by atoms with Gasteiger partial charge < -0.3 is 10.2 Å². The molecule has 1 aromatic carbocycles. The summed E-state index contributed by atoms with van der Waals surface area (Å²) in [5.74, 6) is -0.798. The van der Waals surface area contributed by atoms with E-state index in [1.165, 1.54) is 25.1 Å². The van der Waals surface area contributed by atoms with Crippen molar-refractivity contribution in [3.05, 3.63) is 50.7 Å². The highest BCUT2D eigenvalue weighted by Gasteiger charge is 2.28. The van der Waals surface area contributed by atoms with Crippen LogP contribution in [0.5, 0.6) is 0 Å². The molecule has 1 aromatic heterocycles. The first kappa shape index (κ1) is 19.8. The Hall–Kier alpha value is -1.99. The summed E-state index contributed by atoms with van der Waals surface area (Å²) in [5.41, 5.74) is 0.950. The fraction of sp³-hybridized carbons (Fsp3) is 0.421. The zero-order valence-corrected chi connectivity index (χ0v) is 16.6. The maximum absolute atomic E-state index is 14.0. The Labute approximate surface area is 166 Å². The van der Waals surface area contributed by atoms with Gasteiger partial charge in [0.15, 0.2) is 0 Å². The molecule has 2 amide bonds. The number of thiazole rings is 1. The average Bonchev–Trinajstić information content (AvgIpc) is 3.12. The number of nitrogens with zero attached hydrogens (tertiary/aromatic N) is 2. The Bertz CT molecular complexity index is 842. The van der Waals surface area contributed by atoms with Crippen molar-refractivity contribution in [3.8, 4) is 0 Å². The summed E-state index contributed by atoms with van der Waals surface area (Å²) in [4.78, 5) is 30.0. The minimum absolute atomic E-state index is 0.0123. The number of amides is 2. The lowest BCUT2D eigenvalue weighted by molar-refractivity contribution is -0.118. The Morgan fingerprint density at radius 2 is 2.26 bits per heavy atom. The number of carbonyl (C=O) groups is 2. The first-order chi connectivity index (χ1) is 12.9. The van der Waals surface area contributed by atoms with Crippen molar-refractivity contribution in [2.24, 2.45) is 0 Å². The molecular formula is C19H21ClFN3O2S. The fourth-order valence-corrected chi connectivity index (χ4v) is 4.34. The SMILES string of the molecule is CC(=O)NCCc1csc([C@@H]2CCCN(C(=O)c3cc(Cl)ccc3F)C2)n1. The molecule has 5 nitrogen and oxygen atoms in total. The highest BCUT2D eigenvalue weighted by molar-refractivity contribution is 7.09. The number of hydrogen-bond acceptors (Lipinski definition) is 4. The molecule has 1 saturated heterocycles. The van der Waals surface area contributed by atoms with Crippen LogP contribution < -0.4 is 5.32 Å². The highest BCUT2D eigenvalue weighted by atomic mass is 35.5. The molecule has 0 aliphatic carbocycles. The van der Waals surface area contributed by atoms with Gasteiger partial charge in [-0.2, -0.15) is 0 Å². The van der Waals surface area contributed by atoms with Crippen LogP contribution in [0.4, 0.5) is 4.39 Å². The largest absolute Gasteiger partial charge is 0.356 e. The molecule has 1 aliphatic rings. The standard InChI is InChI=1S/C19H21ClFN3O2S/c1-12(25)22-7-6-15-11-27-18(23-15)13-3-2-8-24(10-13)19(26)16-9-14(20)4-5-17(16)21/h4-5,9,11,13H,2-3,6-8,10H2,1H3,(H,22,25)/t13-/m1/s1. The third-order valence-electron chi connectivity index (χ3n) is 4.54. The maximum atomic E-state index is 14.0. The number of nitrogens with one attached hydrogen (secondary N) is 1. The minimum Gasteiger partial charge on any atom is -0.356 e. The normalized spacial score (nSPS) is 17.0. The second kappa shape index (κ2) is 8.80. The van der Waals surface area contributed by atoms with Gasteiger partial charge in [0.05, 0.1) is 16.3 Å². The van der Waals surface area contributed by atoms with Crippen molar-refractivity contribution in [2.75, 3.05) is 19.6 Å². The summed E-state index contributed by atoms with van der Waals surface area (Å²) in [6.07, 6.45) is 2.47. The molecule has 0 radical (unpaired) electrons. The number of piperidine rings is 1. The second-order valence-electron chi connectivity index (χ2n) is 6.62. The summed E-state index contributed by atoms with van der Waals surface area (Å²) in [7, 11) is 0. The smallest absolute Gasteiger partial charge is 0.256 e. The van der Waals surface area contributed by atoms with Crippen molar-refractivity contribution in [1.82, 2.24) is 15.2 Å². The molecule has 1 aliphatic heterocycles. The zero-order chi connectivity index (χ0) is 19.4. The summed E-state index contributed by atoms with van der Waals surface area (Å²) in [6, 6.07) is 4.04. The molecule has 0 spiro atoms. The van der Waals surface area contributed by atoms with Crippen LogP contribution in [0.25, 0.3) is 0 Å². The Kier molecular flexibility index (Phi) is 6.44. The number of likely N-dealkylation sites (tertiary alicyclic amines) is 1. The molecule has 0 bridgehead atoms. The third kappa shape index (κ3) is 5.05. The van der Waals surface area contributed by atoms with Crippen molar-refractivity contribution in [1.29, 1.82) is 0 Å². The van der Waals surface area contributed by atoms with Gasteiger partial charge in [-0.1, -0.05) is 11.6 Å². The molecule has 3 rings (SSSR count). The van der Waals surface area contributed by atoms with E-state index < -0.39 is 5.82 Å². The topological polar surface area (TPSA) is 62.3 Å². The lowest BCUT2D eigenvalue weighted by atomic mass is 9.98. The quantitative estimate of drug-likeness (QED) is 0.820. The van der Waals surface area contributed by atoms with E-state index >= 15 is 0 Å². The number of hydrogen-bond donors (Lipinski definition) is 1. The van der Waals surface area contributed by atoms with E-state index in [0.29, 0.717) is 31.1 Å². The first-order valence-corrected chi connectivity index (χ1v) is 10.1. The first-order valence-electron chi connectivity index (χ1n) is 8.87. The molecular weight excluding hydrogens is 389 g/mol. The lowest BCUT2D eigenvalue weighted by Gasteiger charge is -2.32. The van der Waals surface area contributed by atoms with E-state index in [1.54, 1.807) is 16.2 Å². The highest BCUT2D eigenvalue weighted by Crippen LogP contribution is 2.30. The van der Waals surface area contributed by atoms with E-state index in [-0.39, 0.29) is 23.3 Å². The van der Waals surface area contributed by atoms with Crippen LogP contribution in [0.1, 0.15) is 46.7 Å². The Balaban J connectivity index is 1.65. The van der Waals surface area contributed by atoms with Gasteiger partial charge in [0.2, 0.25) is 5.91 Å². The van der Waals surface area contributed by atoms with Crippen molar-refractivity contribution >= 4 is 34.8 Å². The van der Waals surface area contributed by atoms with E-state index in [0.717, 1.165) is 23.5 Å². The van der Waals surface area contributed by atoms with Crippen LogP contribution in [0.3, 0.4) is 0 Å². The number of aromatic nitrogens is 1. The average molecular weight is 410 g/mol. The van der Waals surface area contributed by atoms with E-state index in [1.807, 2.05) is 5.38 Å². The number of benzene rings is 1. The Morgan fingerprint density at radius 1 is 1.44 bits per heavy atom. The molecule has 144 valence electrons. The second-order valence-corrected chi connectivity index (χ2v) is 7.95. The molecule has 8 heteroatoms. The predicted molar refractivity (Wildman–Crippen MR) is 104 cm³/mol. The summed E-state index contributed by atoms with van der Waals surface area (Å²) in [5, 5.41) is 6.08. The van der Waals surface area contributed by atoms with Crippen LogP contribution >= 0.6 is 22.9 Å². The van der Waals surface area contributed by atoms with Crippen LogP contribution in [0.15, 0.2) is 23.6 Å². The number of rotatable bonds is 5. The monoisotopic (exact) mass is 409 g/mol. The minimum atomic E-state index is -0.555. The summed E-state index contributed by atoms with van der Waals surface area (Å²) >= 11 is 7.49. The summed E-state index contributed by atoms with van der Waals surface area (Å²) < 4.78 is 14.0. The zero-order valence-electron chi connectivity index (χ0n) is 15.0. The van der Waals surface area contributed by atoms with Crippen LogP contribution in [0, 0.1) is 5.82 Å². The van der Waals surface area contributed by atoms with E-state index in [9.17, 15) is 14.0 Å². The molecule has 2 aromatic rings. The molecule has 1 fully saturated rings. The lowest BCUT2D eigenvalue weighted by Crippen LogP contribution is -2.39. The van der Waals surface area contributed by atoms with Crippen LogP contribution in [0.2, 0.25) is 5.02 Å². The van der Waals surface area contributed by atoms with Crippen molar-refractivity contribution < 1.29 is 14.0 Å². The maximum Gasteiger partial charge on any atom is 0.256 e. The van der Waals surface area contributed by atoms with Gasteiger partial charge in [0.25, 0.3) is 5.91 Å². The van der Waals surface area contributed by atoms with Crippen molar-refractivity contribution in [3.63, 3.8) is 0 Å². The molecule has 1 N–H and O–H groups in total. The molecule has 2 heterocycles. The third-order valence-corrected chi connectivity index (χ3v) is 5.83. The Morgan fingerprint density at radius 3 is 3.04 bits per heavy atom. The van der Waals surface area contributed by atoms with E-state index in [4.69, 9.17) is 11.6 Å². The molecule has 1 atom stereocenters. The number of carbonyl (C=O) groups excluding carboxylic acids is 2. The van der Waals surface area contributed by atoms with Crippen LogP contribution in [-0.4, -0.2) is 41.3 Å². The van der Waals surface area contributed by atoms with Gasteiger partial charge in [-0.25, -0.2) is 9.37 Å². The van der Waals surface area contributed by atoms with Gasteiger partial charge in [0.1, 0.15) is 5.82 Å². The number of halogens is 2. The van der Waals surface area contributed by atoms with Gasteiger partial charge in [-0.3, -0.25) is 9.59 Å². The molecule has 0 unspecified atom stereocenters. The van der Waals surface area contributed by atoms with Gasteiger partial charge in [-0.15, -0.1) is 11.3 Å². The molecule has 0 saturated carbocycles. The van der Waals surface area contributed by atoms with Gasteiger partial charge >= 0.3 is 0 Å². The molecule has 27 heavy (non-hydrogen) atoms. The van der Waals surface area contributed by atoms with E-state index in [2.05, 4.69) is 10.3 Å². The van der Waals surface area contributed by atoms with Gasteiger partial charge in [0, 0.05) is 49.3 Å².